The number of aryl methyl sites for hydroxylation is 1. The fraction of sp³-hybridized carbons (Fsp3) is 0.667. The average molecular weight is 271 g/mol. The van der Waals surface area contributed by atoms with Crippen molar-refractivity contribution < 1.29 is 8.42 Å². The van der Waals surface area contributed by atoms with Crippen LogP contribution in [0, 0.1) is 6.92 Å². The number of rotatable bonds is 7. The van der Waals surface area contributed by atoms with E-state index in [4.69, 9.17) is 0 Å². The highest BCUT2D eigenvalue weighted by molar-refractivity contribution is 7.91. The largest absolute Gasteiger partial charge is 0.310 e. The SMILES string of the molecule is CCS(=O)(=O)CCCC(NC)c1ncc(C)cn1. The van der Waals surface area contributed by atoms with Gasteiger partial charge in [-0.3, -0.25) is 0 Å². The van der Waals surface area contributed by atoms with Gasteiger partial charge in [-0.25, -0.2) is 18.4 Å². The number of nitrogens with one attached hydrogen (secondary N) is 1. The van der Waals surface area contributed by atoms with Crippen LogP contribution < -0.4 is 5.32 Å². The van der Waals surface area contributed by atoms with Gasteiger partial charge in [0.25, 0.3) is 0 Å². The van der Waals surface area contributed by atoms with E-state index in [9.17, 15) is 8.42 Å². The van der Waals surface area contributed by atoms with E-state index in [1.165, 1.54) is 0 Å². The molecule has 0 spiro atoms. The van der Waals surface area contributed by atoms with Crippen LogP contribution in [-0.2, 0) is 9.84 Å². The number of hydrogen-bond donors (Lipinski definition) is 1. The van der Waals surface area contributed by atoms with Crippen LogP contribution in [0.4, 0.5) is 0 Å². The number of aromatic nitrogens is 2. The topological polar surface area (TPSA) is 72.0 Å². The van der Waals surface area contributed by atoms with Gasteiger partial charge in [0.2, 0.25) is 0 Å². The lowest BCUT2D eigenvalue weighted by atomic mass is 10.1. The van der Waals surface area contributed by atoms with Crippen LogP contribution in [-0.4, -0.2) is 36.9 Å². The zero-order valence-corrected chi connectivity index (χ0v) is 12.0. The molecule has 1 atom stereocenters. The molecule has 0 saturated heterocycles. The molecule has 0 aliphatic carbocycles. The van der Waals surface area contributed by atoms with Gasteiger partial charge in [-0.05, 0) is 32.4 Å². The van der Waals surface area contributed by atoms with Crippen molar-refractivity contribution in [1.82, 2.24) is 15.3 Å². The minimum atomic E-state index is -2.88. The van der Waals surface area contributed by atoms with E-state index >= 15 is 0 Å². The van der Waals surface area contributed by atoms with Gasteiger partial charge in [0.1, 0.15) is 15.7 Å². The molecule has 1 N–H and O–H groups in total. The summed E-state index contributed by atoms with van der Waals surface area (Å²) in [5, 5.41) is 3.12. The highest BCUT2D eigenvalue weighted by Gasteiger charge is 2.14. The third-order valence-corrected chi connectivity index (χ3v) is 4.64. The molecular weight excluding hydrogens is 250 g/mol. The van der Waals surface area contributed by atoms with E-state index in [1.807, 2.05) is 14.0 Å². The molecule has 1 heterocycles. The summed E-state index contributed by atoms with van der Waals surface area (Å²) in [5.41, 5.74) is 1.02. The predicted molar refractivity (Wildman–Crippen MR) is 72.1 cm³/mol. The lowest BCUT2D eigenvalue weighted by Gasteiger charge is -2.14. The molecule has 1 rings (SSSR count). The van der Waals surface area contributed by atoms with E-state index in [0.717, 1.165) is 17.8 Å². The third kappa shape index (κ3) is 4.70. The third-order valence-electron chi connectivity index (χ3n) is 2.85. The van der Waals surface area contributed by atoms with E-state index in [0.29, 0.717) is 6.42 Å². The van der Waals surface area contributed by atoms with Crippen molar-refractivity contribution in [3.05, 3.63) is 23.8 Å². The van der Waals surface area contributed by atoms with Gasteiger partial charge in [0.05, 0.1) is 11.8 Å². The Morgan fingerprint density at radius 2 is 1.94 bits per heavy atom. The maximum atomic E-state index is 11.4. The van der Waals surface area contributed by atoms with Gasteiger partial charge in [-0.15, -0.1) is 0 Å². The van der Waals surface area contributed by atoms with Gasteiger partial charge in [0.15, 0.2) is 0 Å². The van der Waals surface area contributed by atoms with Crippen molar-refractivity contribution in [2.75, 3.05) is 18.6 Å². The van der Waals surface area contributed by atoms with E-state index < -0.39 is 9.84 Å². The molecule has 0 bridgehead atoms. The molecule has 18 heavy (non-hydrogen) atoms. The number of hydrogen-bond acceptors (Lipinski definition) is 5. The maximum Gasteiger partial charge on any atom is 0.150 e. The zero-order valence-electron chi connectivity index (χ0n) is 11.2. The van der Waals surface area contributed by atoms with Crippen LogP contribution in [0.25, 0.3) is 0 Å². The standard InChI is InChI=1S/C12H21N3O2S/c1-4-18(16,17)7-5-6-11(13-3)12-14-8-10(2)9-15-12/h8-9,11,13H,4-7H2,1-3H3. The Kier molecular flexibility index (Phi) is 5.68. The molecule has 0 fully saturated rings. The lowest BCUT2D eigenvalue weighted by molar-refractivity contribution is 0.510. The first-order chi connectivity index (χ1) is 8.48. The smallest absolute Gasteiger partial charge is 0.150 e. The maximum absolute atomic E-state index is 11.4. The molecule has 1 aromatic heterocycles. The highest BCUT2D eigenvalue weighted by atomic mass is 32.2. The second-order valence-electron chi connectivity index (χ2n) is 4.34. The summed E-state index contributed by atoms with van der Waals surface area (Å²) in [7, 11) is -1.05. The summed E-state index contributed by atoms with van der Waals surface area (Å²) in [5.74, 6) is 1.16. The Morgan fingerprint density at radius 3 is 2.44 bits per heavy atom. The first-order valence-electron chi connectivity index (χ1n) is 6.14. The first-order valence-corrected chi connectivity index (χ1v) is 7.97. The van der Waals surface area contributed by atoms with Crippen LogP contribution in [0.2, 0.25) is 0 Å². The molecule has 1 aromatic rings. The number of nitrogens with zero attached hydrogens (tertiary/aromatic N) is 2. The van der Waals surface area contributed by atoms with E-state index in [2.05, 4.69) is 15.3 Å². The molecular formula is C12H21N3O2S. The van der Waals surface area contributed by atoms with Crippen LogP contribution in [0.5, 0.6) is 0 Å². The normalized spacial score (nSPS) is 13.5. The van der Waals surface area contributed by atoms with Crippen LogP contribution in [0.1, 0.15) is 37.2 Å². The number of sulfone groups is 1. The Balaban J connectivity index is 2.55. The molecule has 0 amide bonds. The Hall–Kier alpha value is -1.01. The quantitative estimate of drug-likeness (QED) is 0.808. The van der Waals surface area contributed by atoms with Crippen molar-refractivity contribution in [3.8, 4) is 0 Å². The molecule has 0 aromatic carbocycles. The van der Waals surface area contributed by atoms with Crippen molar-refractivity contribution in [1.29, 1.82) is 0 Å². The summed E-state index contributed by atoms with van der Waals surface area (Å²) in [4.78, 5) is 8.52. The minimum absolute atomic E-state index is 0.0117. The highest BCUT2D eigenvalue weighted by Crippen LogP contribution is 2.14. The molecule has 102 valence electrons. The van der Waals surface area contributed by atoms with E-state index in [1.54, 1.807) is 19.3 Å². The summed E-state index contributed by atoms with van der Waals surface area (Å²) >= 11 is 0. The molecule has 0 saturated carbocycles. The Bertz CT molecular complexity index is 457. The Labute approximate surface area is 109 Å². The Morgan fingerprint density at radius 1 is 1.33 bits per heavy atom. The predicted octanol–water partition coefficient (Wildman–Crippen LogP) is 1.26. The van der Waals surface area contributed by atoms with Gasteiger partial charge < -0.3 is 5.32 Å². The van der Waals surface area contributed by atoms with Crippen LogP contribution in [0.15, 0.2) is 12.4 Å². The van der Waals surface area contributed by atoms with Crippen LogP contribution >= 0.6 is 0 Å². The molecule has 0 radical (unpaired) electrons. The summed E-state index contributed by atoms with van der Waals surface area (Å²) in [6.45, 7) is 3.61. The summed E-state index contributed by atoms with van der Waals surface area (Å²) in [6.07, 6.45) is 4.89. The van der Waals surface area contributed by atoms with Gasteiger partial charge in [-0.2, -0.15) is 0 Å². The molecule has 5 nitrogen and oxygen atoms in total. The monoisotopic (exact) mass is 271 g/mol. The van der Waals surface area contributed by atoms with Crippen molar-refractivity contribution in [2.45, 2.75) is 32.7 Å². The molecule has 6 heteroatoms. The van der Waals surface area contributed by atoms with Crippen molar-refractivity contribution in [2.24, 2.45) is 0 Å². The first kappa shape index (κ1) is 15.0. The van der Waals surface area contributed by atoms with Gasteiger partial charge in [-0.1, -0.05) is 6.92 Å². The lowest BCUT2D eigenvalue weighted by Crippen LogP contribution is -2.20. The minimum Gasteiger partial charge on any atom is -0.310 e. The fourth-order valence-electron chi connectivity index (χ4n) is 1.64. The molecule has 1 unspecified atom stereocenters. The van der Waals surface area contributed by atoms with Gasteiger partial charge in [0, 0.05) is 18.1 Å². The van der Waals surface area contributed by atoms with Crippen LogP contribution in [0.3, 0.4) is 0 Å². The summed E-state index contributed by atoms with van der Waals surface area (Å²) in [6, 6.07) is 0.0117. The zero-order chi connectivity index (χ0) is 13.6. The molecule has 0 aliphatic heterocycles. The summed E-state index contributed by atoms with van der Waals surface area (Å²) < 4.78 is 22.8. The van der Waals surface area contributed by atoms with Crippen molar-refractivity contribution >= 4 is 9.84 Å². The van der Waals surface area contributed by atoms with Crippen molar-refractivity contribution in [3.63, 3.8) is 0 Å². The van der Waals surface area contributed by atoms with Gasteiger partial charge >= 0.3 is 0 Å². The second kappa shape index (κ2) is 6.80. The van der Waals surface area contributed by atoms with E-state index in [-0.39, 0.29) is 17.5 Å². The second-order valence-corrected chi connectivity index (χ2v) is 6.81. The fourth-order valence-corrected chi connectivity index (χ4v) is 2.53. The molecule has 0 aliphatic rings. The average Bonchev–Trinajstić information content (AvgIpc) is 2.36.